The maximum atomic E-state index is 12.1. The van der Waals surface area contributed by atoms with Crippen LogP contribution in [0, 0.1) is 46.3 Å². The smallest absolute Gasteiger partial charge is 0.393 e. The van der Waals surface area contributed by atoms with E-state index in [1.807, 2.05) is 0 Å². The zero-order chi connectivity index (χ0) is 23.5. The summed E-state index contributed by atoms with van der Waals surface area (Å²) in [6.45, 7) is 8.82. The number of aliphatic hydroxyl groups excluding tert-OH is 1. The molecule has 4 aliphatic carbocycles. The first-order valence-electron chi connectivity index (χ1n) is 12.9. The third-order valence-electron chi connectivity index (χ3n) is 10.7. The Hall–Kier alpha value is -0.260. The van der Waals surface area contributed by atoms with Gasteiger partial charge in [-0.3, -0.25) is 0 Å². The van der Waals surface area contributed by atoms with Gasteiger partial charge in [-0.2, -0.15) is 0 Å². The molecule has 0 aromatic heterocycles. The van der Waals surface area contributed by atoms with Gasteiger partial charge >= 0.3 is 7.75 Å². The van der Waals surface area contributed by atoms with Crippen LogP contribution in [-0.2, 0) is 9.36 Å². The van der Waals surface area contributed by atoms with Crippen molar-refractivity contribution >= 4 is 13.5 Å². The minimum absolute atomic E-state index is 0.149. The van der Waals surface area contributed by atoms with E-state index in [4.69, 9.17) is 0 Å². The fourth-order valence-corrected chi connectivity index (χ4v) is 9.91. The molecule has 0 amide bonds. The van der Waals surface area contributed by atoms with E-state index in [1.54, 1.807) is 6.92 Å². The van der Waals surface area contributed by atoms with Crippen LogP contribution in [0.2, 0.25) is 0 Å². The number of hydrogen-bond donors (Lipinski definition) is 4. The molecule has 0 saturated heterocycles. The Labute approximate surface area is 193 Å². The lowest BCUT2D eigenvalue weighted by atomic mass is 9.43. The van der Waals surface area contributed by atoms with Gasteiger partial charge in [0.05, 0.1) is 6.10 Å². The highest BCUT2D eigenvalue weighted by molar-refractivity contribution is 7.49. The monoisotopic (exact) mass is 469 g/mol. The number of Topliss-reactive ketones (excluding diaryl/α,β-unsaturated/α-hetero) is 1. The van der Waals surface area contributed by atoms with E-state index < -0.39 is 7.75 Å². The van der Waals surface area contributed by atoms with Gasteiger partial charge in [-0.1, -0.05) is 20.8 Å². The molecule has 0 spiro atoms. The van der Waals surface area contributed by atoms with Gasteiger partial charge < -0.3 is 19.7 Å². The van der Waals surface area contributed by atoms with Crippen LogP contribution in [0.4, 0.5) is 0 Å². The molecule has 4 rings (SSSR count). The van der Waals surface area contributed by atoms with Crippen molar-refractivity contribution in [2.75, 3.05) is 0 Å². The average molecular weight is 470 g/mol. The second-order valence-corrected chi connectivity index (χ2v) is 13.7. The van der Waals surface area contributed by atoms with E-state index in [0.717, 1.165) is 51.4 Å². The van der Waals surface area contributed by atoms with Crippen LogP contribution in [0.15, 0.2) is 0 Å². The third-order valence-corrected chi connectivity index (χ3v) is 11.4. The standard InChI is InChI=1S/C25H44NO5P/c1-15(5-6-16(2)27)19-7-8-20-23-21(10-12-25(19,20)4)24(3)11-9-18(28)13-17(24)14-22(23)26-32(29,30)31/h15,17-23,28H,5-14H2,1-4H3,(H3,26,29,30,31)/t15-,17+,18-,19-,20+,21+,22?,23+,24+,25-/m1/s1. The third kappa shape index (κ3) is 4.40. The summed E-state index contributed by atoms with van der Waals surface area (Å²) in [6.07, 6.45) is 9.23. The number of carbonyl (C=O) groups excluding carboxylic acids is 1. The van der Waals surface area contributed by atoms with Crippen LogP contribution < -0.4 is 5.09 Å². The van der Waals surface area contributed by atoms with Crippen LogP contribution in [0.1, 0.15) is 91.9 Å². The molecule has 0 aromatic rings. The molecule has 0 radical (unpaired) electrons. The van der Waals surface area contributed by atoms with Gasteiger partial charge in [0.25, 0.3) is 0 Å². The van der Waals surface area contributed by atoms with Crippen molar-refractivity contribution in [2.24, 2.45) is 46.3 Å². The average Bonchev–Trinajstić information content (AvgIpc) is 3.03. The predicted molar refractivity (Wildman–Crippen MR) is 125 cm³/mol. The molecule has 0 aliphatic heterocycles. The second-order valence-electron chi connectivity index (χ2n) is 12.4. The second kappa shape index (κ2) is 8.75. The number of aliphatic hydroxyl groups is 1. The molecule has 4 saturated carbocycles. The van der Waals surface area contributed by atoms with Crippen LogP contribution in [0.3, 0.4) is 0 Å². The summed E-state index contributed by atoms with van der Waals surface area (Å²) in [5.41, 5.74) is 0.320. The summed E-state index contributed by atoms with van der Waals surface area (Å²) in [6, 6.07) is -0.194. The predicted octanol–water partition coefficient (Wildman–Crippen LogP) is 4.67. The first kappa shape index (κ1) is 24.9. The lowest BCUT2D eigenvalue weighted by Gasteiger charge is -2.63. The number of fused-ring (bicyclic) bond motifs is 5. The molecule has 4 aliphatic rings. The lowest BCUT2D eigenvalue weighted by molar-refractivity contribution is -0.139. The molecule has 10 atom stereocenters. The highest BCUT2D eigenvalue weighted by Crippen LogP contribution is 2.68. The fraction of sp³-hybridized carbons (Fsp3) is 0.960. The van der Waals surface area contributed by atoms with E-state index in [2.05, 4.69) is 25.9 Å². The highest BCUT2D eigenvalue weighted by Gasteiger charge is 2.63. The van der Waals surface area contributed by atoms with Crippen LogP contribution in [-0.4, -0.2) is 32.8 Å². The van der Waals surface area contributed by atoms with Crippen LogP contribution in [0.5, 0.6) is 0 Å². The largest absolute Gasteiger partial charge is 0.400 e. The van der Waals surface area contributed by atoms with E-state index in [-0.39, 0.29) is 34.7 Å². The Morgan fingerprint density at radius 1 is 1.06 bits per heavy atom. The molecule has 184 valence electrons. The maximum Gasteiger partial charge on any atom is 0.400 e. The van der Waals surface area contributed by atoms with Gasteiger partial charge in [-0.15, -0.1) is 0 Å². The van der Waals surface area contributed by atoms with Gasteiger partial charge in [0, 0.05) is 12.5 Å². The normalized spacial score (nSPS) is 47.3. The number of ketones is 1. The lowest BCUT2D eigenvalue weighted by Crippen LogP contribution is -2.61. The Morgan fingerprint density at radius 3 is 2.38 bits per heavy atom. The van der Waals surface area contributed by atoms with Crippen molar-refractivity contribution in [1.29, 1.82) is 0 Å². The quantitative estimate of drug-likeness (QED) is 0.421. The summed E-state index contributed by atoms with van der Waals surface area (Å²) >= 11 is 0. The van der Waals surface area contributed by atoms with Crippen molar-refractivity contribution in [1.82, 2.24) is 5.09 Å². The molecule has 6 nitrogen and oxygen atoms in total. The van der Waals surface area contributed by atoms with Crippen molar-refractivity contribution < 1.29 is 24.3 Å². The summed E-state index contributed by atoms with van der Waals surface area (Å²) in [5.74, 6) is 2.81. The topological polar surface area (TPSA) is 107 Å². The Morgan fingerprint density at radius 2 is 1.72 bits per heavy atom. The summed E-state index contributed by atoms with van der Waals surface area (Å²) in [7, 11) is -4.35. The molecule has 1 unspecified atom stereocenters. The minimum Gasteiger partial charge on any atom is -0.393 e. The van der Waals surface area contributed by atoms with Gasteiger partial charge in [0.15, 0.2) is 0 Å². The van der Waals surface area contributed by atoms with Crippen LogP contribution in [0.25, 0.3) is 0 Å². The van der Waals surface area contributed by atoms with Crippen LogP contribution >= 0.6 is 7.75 Å². The van der Waals surface area contributed by atoms with Crippen molar-refractivity contribution in [3.05, 3.63) is 0 Å². The summed E-state index contributed by atoms with van der Waals surface area (Å²) in [4.78, 5) is 31.3. The molecule has 7 heteroatoms. The minimum atomic E-state index is -4.35. The Kier molecular flexibility index (Phi) is 6.80. The molecule has 0 bridgehead atoms. The van der Waals surface area contributed by atoms with Crippen molar-refractivity contribution in [3.63, 3.8) is 0 Å². The molecule has 4 fully saturated rings. The molecular weight excluding hydrogens is 425 g/mol. The van der Waals surface area contributed by atoms with E-state index in [9.17, 15) is 24.3 Å². The Bertz CT molecular complexity index is 769. The number of hydrogen-bond acceptors (Lipinski definition) is 3. The molecule has 0 aromatic carbocycles. The Balaban J connectivity index is 1.64. The number of nitrogens with one attached hydrogen (secondary N) is 1. The molecular formula is C25H44NO5P. The van der Waals surface area contributed by atoms with Gasteiger partial charge in [-0.25, -0.2) is 9.65 Å². The first-order chi connectivity index (χ1) is 14.8. The summed E-state index contributed by atoms with van der Waals surface area (Å²) in [5, 5.41) is 13.1. The van der Waals surface area contributed by atoms with E-state index in [1.165, 1.54) is 6.42 Å². The van der Waals surface area contributed by atoms with E-state index in [0.29, 0.717) is 36.0 Å². The van der Waals surface area contributed by atoms with Gasteiger partial charge in [-0.05, 0) is 111 Å². The van der Waals surface area contributed by atoms with Gasteiger partial charge in [0.2, 0.25) is 0 Å². The van der Waals surface area contributed by atoms with E-state index >= 15 is 0 Å². The molecule has 0 heterocycles. The zero-order valence-corrected chi connectivity index (χ0v) is 21.2. The maximum absolute atomic E-state index is 12.1. The van der Waals surface area contributed by atoms with Crippen molar-refractivity contribution in [2.45, 2.75) is 104 Å². The highest BCUT2D eigenvalue weighted by atomic mass is 31.2. The zero-order valence-electron chi connectivity index (χ0n) is 20.3. The molecule has 4 N–H and O–H groups in total. The number of carbonyl (C=O) groups is 1. The molecule has 32 heavy (non-hydrogen) atoms. The van der Waals surface area contributed by atoms with Gasteiger partial charge in [0.1, 0.15) is 5.78 Å². The first-order valence-corrected chi connectivity index (χ1v) is 14.5. The number of rotatable bonds is 6. The SMILES string of the molecule is CC(=O)CC[C@@H](C)[C@H]1CC[C@H]2[C@@H]3C(NP(=O)(O)O)C[C@@H]4C[C@H](O)CC[C@]4(C)[C@H]3CC[C@]12C. The summed E-state index contributed by atoms with van der Waals surface area (Å²) < 4.78 is 12.1. The fourth-order valence-electron chi connectivity index (χ4n) is 9.20. The van der Waals surface area contributed by atoms with Crippen molar-refractivity contribution in [3.8, 4) is 0 Å².